The first-order valence-electron chi connectivity index (χ1n) is 15.3. The lowest BCUT2D eigenvalue weighted by atomic mass is 9.90. The van der Waals surface area contributed by atoms with Crippen molar-refractivity contribution >= 4 is 29.0 Å². The Labute approximate surface area is 267 Å². The van der Waals surface area contributed by atoms with E-state index in [1.807, 2.05) is 12.1 Å². The quantitative estimate of drug-likeness (QED) is 0.180. The molecule has 3 N–H and O–H groups in total. The number of ether oxygens (including phenoxy) is 1. The van der Waals surface area contributed by atoms with Crippen molar-refractivity contribution in [2.24, 2.45) is 12.5 Å². The number of aliphatic hydroxyl groups excluding tert-OH is 1. The largest absolute Gasteiger partial charge is 0.492 e. The summed E-state index contributed by atoms with van der Waals surface area (Å²) in [6.07, 6.45) is 6.43. The van der Waals surface area contributed by atoms with Crippen LogP contribution in [0, 0.1) is 5.41 Å². The number of carbonyl (C=O) groups excluding carboxylic acids is 2. The lowest BCUT2D eigenvalue weighted by Crippen LogP contribution is -2.41. The van der Waals surface area contributed by atoms with Crippen molar-refractivity contribution in [3.05, 3.63) is 100 Å². The standard InChI is InChI=1S/C35H38N6O5/c1-5-31(43)36-11-14-46-25-8-6-7-24(17-25)38-28-15-23(20-39(4)33(28)44)26-9-10-37-32(27(26)21-42)41-13-12-40-29(34(41)45)16-22-18-35(2,3)19-30(22)40/h5-10,15-17,20,38,42H,1,11-14,18-19,21H2,2-4H3,(H,36,43). The molecule has 0 radical (unpaired) electrons. The Balaban J connectivity index is 1.26. The van der Waals surface area contributed by atoms with Crippen molar-refractivity contribution in [1.82, 2.24) is 19.4 Å². The fraction of sp³-hybridized carbons (Fsp3) is 0.314. The molecule has 0 saturated heterocycles. The monoisotopic (exact) mass is 622 g/mol. The molecule has 0 bridgehead atoms. The highest BCUT2D eigenvalue weighted by Crippen LogP contribution is 2.40. The summed E-state index contributed by atoms with van der Waals surface area (Å²) in [5, 5.41) is 16.5. The molecule has 11 heteroatoms. The maximum atomic E-state index is 13.8. The third kappa shape index (κ3) is 5.93. The molecule has 0 unspecified atom stereocenters. The van der Waals surface area contributed by atoms with Crippen molar-refractivity contribution in [3.63, 3.8) is 0 Å². The fourth-order valence-corrected chi connectivity index (χ4v) is 6.44. The Hall–Kier alpha value is -5.16. The molecule has 4 heterocycles. The van der Waals surface area contributed by atoms with Crippen LogP contribution >= 0.6 is 0 Å². The van der Waals surface area contributed by atoms with Crippen LogP contribution in [0.1, 0.15) is 41.2 Å². The molecule has 0 spiro atoms. The topological polar surface area (TPSA) is 131 Å². The zero-order valence-corrected chi connectivity index (χ0v) is 26.3. The van der Waals surface area contributed by atoms with Crippen LogP contribution in [0.4, 0.5) is 17.2 Å². The number of benzene rings is 1. The van der Waals surface area contributed by atoms with Gasteiger partial charge in [0.2, 0.25) is 5.91 Å². The lowest BCUT2D eigenvalue weighted by Gasteiger charge is -2.31. The number of aromatic nitrogens is 3. The summed E-state index contributed by atoms with van der Waals surface area (Å²) in [5.41, 5.74) is 5.90. The number of aryl methyl sites for hydroxylation is 1. The van der Waals surface area contributed by atoms with Crippen molar-refractivity contribution < 1.29 is 19.4 Å². The molecule has 0 fully saturated rings. The highest BCUT2D eigenvalue weighted by atomic mass is 16.5. The maximum Gasteiger partial charge on any atom is 0.276 e. The van der Waals surface area contributed by atoms with E-state index < -0.39 is 0 Å². The van der Waals surface area contributed by atoms with E-state index >= 15 is 0 Å². The highest BCUT2D eigenvalue weighted by molar-refractivity contribution is 6.06. The van der Waals surface area contributed by atoms with Crippen LogP contribution in [0.15, 0.2) is 72.3 Å². The summed E-state index contributed by atoms with van der Waals surface area (Å²) in [4.78, 5) is 44.5. The number of hydrogen-bond donors (Lipinski definition) is 3. The van der Waals surface area contributed by atoms with E-state index in [0.717, 1.165) is 12.8 Å². The third-order valence-electron chi connectivity index (χ3n) is 8.53. The van der Waals surface area contributed by atoms with Gasteiger partial charge in [0.25, 0.3) is 11.5 Å². The summed E-state index contributed by atoms with van der Waals surface area (Å²) in [7, 11) is 1.66. The van der Waals surface area contributed by atoms with Crippen LogP contribution < -0.4 is 25.8 Å². The third-order valence-corrected chi connectivity index (χ3v) is 8.53. The molecule has 238 valence electrons. The minimum absolute atomic E-state index is 0.134. The number of nitrogens with one attached hydrogen (secondary N) is 2. The molecule has 0 saturated carbocycles. The van der Waals surface area contributed by atoms with Gasteiger partial charge < -0.3 is 29.6 Å². The van der Waals surface area contributed by atoms with Gasteiger partial charge >= 0.3 is 0 Å². The van der Waals surface area contributed by atoms with Gasteiger partial charge in [0.1, 0.15) is 29.6 Å². The van der Waals surface area contributed by atoms with Crippen LogP contribution in [0.3, 0.4) is 0 Å². The summed E-state index contributed by atoms with van der Waals surface area (Å²) in [6, 6.07) is 12.7. The Morgan fingerprint density at radius 1 is 1.15 bits per heavy atom. The average Bonchev–Trinajstić information content (AvgIpc) is 3.53. The minimum Gasteiger partial charge on any atom is -0.492 e. The van der Waals surface area contributed by atoms with Crippen molar-refractivity contribution in [2.75, 3.05) is 29.9 Å². The van der Waals surface area contributed by atoms with Crippen LogP contribution in [-0.4, -0.2) is 50.7 Å². The van der Waals surface area contributed by atoms with Gasteiger partial charge in [0.15, 0.2) is 0 Å². The van der Waals surface area contributed by atoms with Crippen LogP contribution in [-0.2, 0) is 37.8 Å². The van der Waals surface area contributed by atoms with Gasteiger partial charge in [-0.1, -0.05) is 26.5 Å². The molecular weight excluding hydrogens is 584 g/mol. The zero-order chi connectivity index (χ0) is 32.6. The molecule has 4 aromatic rings. The smallest absolute Gasteiger partial charge is 0.276 e. The maximum absolute atomic E-state index is 13.8. The molecule has 46 heavy (non-hydrogen) atoms. The summed E-state index contributed by atoms with van der Waals surface area (Å²) < 4.78 is 9.37. The summed E-state index contributed by atoms with van der Waals surface area (Å²) in [5.74, 6) is 0.574. The van der Waals surface area contributed by atoms with E-state index in [9.17, 15) is 19.5 Å². The van der Waals surface area contributed by atoms with E-state index in [1.165, 1.54) is 21.9 Å². The fourth-order valence-electron chi connectivity index (χ4n) is 6.44. The second-order valence-electron chi connectivity index (χ2n) is 12.5. The number of pyridine rings is 2. The number of amides is 2. The van der Waals surface area contributed by atoms with Gasteiger partial charge in [-0.15, -0.1) is 0 Å². The van der Waals surface area contributed by atoms with E-state index in [-0.39, 0.29) is 36.0 Å². The first kappa shape index (κ1) is 30.8. The van der Waals surface area contributed by atoms with Gasteiger partial charge in [0.05, 0.1) is 13.2 Å². The van der Waals surface area contributed by atoms with E-state index in [1.54, 1.807) is 54.7 Å². The minimum atomic E-state index is -0.341. The van der Waals surface area contributed by atoms with Crippen LogP contribution in [0.5, 0.6) is 5.75 Å². The number of hydrogen-bond acceptors (Lipinski definition) is 7. The van der Waals surface area contributed by atoms with E-state index in [0.29, 0.717) is 65.0 Å². The molecule has 1 aliphatic carbocycles. The Bertz CT molecular complexity index is 1910. The Morgan fingerprint density at radius 3 is 2.76 bits per heavy atom. The second-order valence-corrected chi connectivity index (χ2v) is 12.5. The van der Waals surface area contributed by atoms with Gasteiger partial charge in [-0.3, -0.25) is 19.3 Å². The highest BCUT2D eigenvalue weighted by Gasteiger charge is 2.37. The van der Waals surface area contributed by atoms with Gasteiger partial charge in [0, 0.05) is 61.1 Å². The van der Waals surface area contributed by atoms with Gasteiger partial charge in [-0.2, -0.15) is 0 Å². The van der Waals surface area contributed by atoms with Gasteiger partial charge in [-0.05, 0) is 65.8 Å². The van der Waals surface area contributed by atoms with E-state index in [2.05, 4.69) is 40.6 Å². The van der Waals surface area contributed by atoms with Crippen molar-refractivity contribution in [3.8, 4) is 16.9 Å². The number of nitrogens with zero attached hydrogens (tertiary/aromatic N) is 4. The molecular formula is C35H38N6O5. The molecule has 0 atom stereocenters. The molecule has 1 aromatic carbocycles. The van der Waals surface area contributed by atoms with Gasteiger partial charge in [-0.25, -0.2) is 4.98 Å². The summed E-state index contributed by atoms with van der Waals surface area (Å²) in [6.45, 7) is 9.27. The normalized spacial score (nSPS) is 14.9. The molecule has 3 aromatic heterocycles. The zero-order valence-electron chi connectivity index (χ0n) is 26.3. The molecule has 2 amide bonds. The number of rotatable bonds is 10. The summed E-state index contributed by atoms with van der Waals surface area (Å²) >= 11 is 0. The number of carbonyl (C=O) groups is 2. The molecule has 11 nitrogen and oxygen atoms in total. The Morgan fingerprint density at radius 2 is 1.98 bits per heavy atom. The van der Waals surface area contributed by atoms with Crippen LogP contribution in [0.25, 0.3) is 11.1 Å². The molecule has 2 aliphatic rings. The predicted molar refractivity (Wildman–Crippen MR) is 177 cm³/mol. The number of anilines is 3. The predicted octanol–water partition coefficient (Wildman–Crippen LogP) is 3.95. The van der Waals surface area contributed by atoms with Crippen molar-refractivity contribution in [1.29, 1.82) is 0 Å². The van der Waals surface area contributed by atoms with Crippen molar-refractivity contribution in [2.45, 2.75) is 39.8 Å². The lowest BCUT2D eigenvalue weighted by molar-refractivity contribution is -0.116. The van der Waals surface area contributed by atoms with E-state index in [4.69, 9.17) is 4.74 Å². The second kappa shape index (κ2) is 12.3. The van der Waals surface area contributed by atoms with Crippen LogP contribution in [0.2, 0.25) is 0 Å². The first-order valence-corrected chi connectivity index (χ1v) is 15.3. The molecule has 1 aliphatic heterocycles. The average molecular weight is 623 g/mol. The molecule has 6 rings (SSSR count). The number of fused-ring (bicyclic) bond motifs is 3. The number of aliphatic hydroxyl groups is 1. The SMILES string of the molecule is C=CC(=O)NCCOc1cccc(Nc2cc(-c3ccnc(N4CCn5c(cc6c5CC(C)(C)C6)C4=O)c3CO)cn(C)c2=O)c1. The first-order chi connectivity index (χ1) is 22.1. The Kier molecular flexibility index (Phi) is 8.26.